The second kappa shape index (κ2) is 5.33. The summed E-state index contributed by atoms with van der Waals surface area (Å²) in [5, 5.41) is 10.6. The summed E-state index contributed by atoms with van der Waals surface area (Å²) in [7, 11) is 0. The van der Waals surface area contributed by atoms with Crippen molar-refractivity contribution in [3.63, 3.8) is 0 Å². The quantitative estimate of drug-likeness (QED) is 0.845. The van der Waals surface area contributed by atoms with Gasteiger partial charge in [0, 0.05) is 30.7 Å². The van der Waals surface area contributed by atoms with Gasteiger partial charge >= 0.3 is 0 Å². The minimum Gasteiger partial charge on any atom is -0.333 e. The highest BCUT2D eigenvalue weighted by atomic mass is 16.2. The summed E-state index contributed by atoms with van der Waals surface area (Å²) < 4.78 is 0. The van der Waals surface area contributed by atoms with Crippen LogP contribution in [0.1, 0.15) is 54.7 Å². The molecule has 5 heteroatoms. The van der Waals surface area contributed by atoms with Gasteiger partial charge < -0.3 is 10.2 Å². The van der Waals surface area contributed by atoms with Gasteiger partial charge in [0.1, 0.15) is 5.69 Å². The first-order chi connectivity index (χ1) is 9.29. The molecule has 1 aliphatic heterocycles. The van der Waals surface area contributed by atoms with Crippen LogP contribution in [-0.4, -0.2) is 46.7 Å². The zero-order valence-electron chi connectivity index (χ0n) is 11.5. The van der Waals surface area contributed by atoms with Gasteiger partial charge in [-0.25, -0.2) is 0 Å². The van der Waals surface area contributed by atoms with E-state index in [0.717, 1.165) is 38.2 Å². The summed E-state index contributed by atoms with van der Waals surface area (Å²) in [6.45, 7) is 4.84. The Balaban J connectivity index is 1.73. The number of hydrogen-bond donors (Lipinski definition) is 2. The molecule has 2 N–H and O–H groups in total. The fraction of sp³-hybridized carbons (Fsp3) is 0.714. The Morgan fingerprint density at radius 3 is 2.95 bits per heavy atom. The van der Waals surface area contributed by atoms with Gasteiger partial charge in [0.2, 0.25) is 0 Å². The van der Waals surface area contributed by atoms with Crippen LogP contribution in [0.2, 0.25) is 0 Å². The molecular weight excluding hydrogens is 240 g/mol. The molecule has 1 saturated carbocycles. The van der Waals surface area contributed by atoms with E-state index < -0.39 is 0 Å². The van der Waals surface area contributed by atoms with Gasteiger partial charge in [-0.1, -0.05) is 6.92 Å². The van der Waals surface area contributed by atoms with Gasteiger partial charge in [-0.2, -0.15) is 5.10 Å². The first-order valence-corrected chi connectivity index (χ1v) is 7.36. The molecule has 1 unspecified atom stereocenters. The average molecular weight is 262 g/mol. The maximum Gasteiger partial charge on any atom is 0.274 e. The number of amides is 1. The van der Waals surface area contributed by atoms with Crippen molar-refractivity contribution in [1.82, 2.24) is 20.4 Å². The van der Waals surface area contributed by atoms with Crippen LogP contribution in [0.3, 0.4) is 0 Å². The lowest BCUT2D eigenvalue weighted by molar-refractivity contribution is 0.0686. The fourth-order valence-electron chi connectivity index (χ4n) is 2.79. The standard InChI is InChI=1S/C14H22N4O/c1-2-7-18(11-5-6-15-9-11)14(19)13-8-12(16-17-13)10-3-4-10/h8,10-11,15H,2-7,9H2,1H3,(H,16,17). The Morgan fingerprint density at radius 1 is 1.47 bits per heavy atom. The van der Waals surface area contributed by atoms with Crippen LogP contribution in [0.15, 0.2) is 6.07 Å². The molecule has 1 aliphatic carbocycles. The van der Waals surface area contributed by atoms with Crippen molar-refractivity contribution in [2.75, 3.05) is 19.6 Å². The highest BCUT2D eigenvalue weighted by molar-refractivity contribution is 5.92. The van der Waals surface area contributed by atoms with E-state index >= 15 is 0 Å². The van der Waals surface area contributed by atoms with Crippen molar-refractivity contribution in [1.29, 1.82) is 0 Å². The zero-order chi connectivity index (χ0) is 13.2. The second-order valence-corrected chi connectivity index (χ2v) is 5.63. The van der Waals surface area contributed by atoms with Crippen molar-refractivity contribution in [3.8, 4) is 0 Å². The molecule has 0 aromatic carbocycles. The predicted molar refractivity (Wildman–Crippen MR) is 73.2 cm³/mol. The van der Waals surface area contributed by atoms with Crippen molar-refractivity contribution in [2.24, 2.45) is 0 Å². The molecule has 0 spiro atoms. The number of nitrogens with zero attached hydrogens (tertiary/aromatic N) is 2. The monoisotopic (exact) mass is 262 g/mol. The fourth-order valence-corrected chi connectivity index (χ4v) is 2.79. The number of rotatable bonds is 5. The van der Waals surface area contributed by atoms with Crippen molar-refractivity contribution in [3.05, 3.63) is 17.5 Å². The third kappa shape index (κ3) is 2.66. The van der Waals surface area contributed by atoms with Crippen LogP contribution < -0.4 is 5.32 Å². The number of aromatic nitrogens is 2. The highest BCUT2D eigenvalue weighted by Crippen LogP contribution is 2.39. The molecule has 2 heterocycles. The van der Waals surface area contributed by atoms with Crippen LogP contribution >= 0.6 is 0 Å². The van der Waals surface area contributed by atoms with Gasteiger partial charge in [-0.15, -0.1) is 0 Å². The summed E-state index contributed by atoms with van der Waals surface area (Å²) in [5.74, 6) is 0.695. The lowest BCUT2D eigenvalue weighted by atomic mass is 10.2. The van der Waals surface area contributed by atoms with Crippen LogP contribution in [-0.2, 0) is 0 Å². The zero-order valence-corrected chi connectivity index (χ0v) is 11.5. The molecule has 5 nitrogen and oxygen atoms in total. The van der Waals surface area contributed by atoms with Gasteiger partial charge in [0.25, 0.3) is 5.91 Å². The summed E-state index contributed by atoms with van der Waals surface area (Å²) in [6.07, 6.45) is 4.48. The molecule has 0 radical (unpaired) electrons. The summed E-state index contributed by atoms with van der Waals surface area (Å²) in [6, 6.07) is 2.28. The molecular formula is C14H22N4O. The Kier molecular flexibility index (Phi) is 3.55. The third-order valence-corrected chi connectivity index (χ3v) is 4.03. The lowest BCUT2D eigenvalue weighted by Crippen LogP contribution is -2.42. The molecule has 1 atom stereocenters. The number of nitrogens with one attached hydrogen (secondary N) is 2. The number of carbonyl (C=O) groups excluding carboxylic acids is 1. The summed E-state index contributed by atoms with van der Waals surface area (Å²) in [4.78, 5) is 14.6. The molecule has 104 valence electrons. The van der Waals surface area contributed by atoms with E-state index in [1.54, 1.807) is 0 Å². The topological polar surface area (TPSA) is 61.0 Å². The number of aromatic amines is 1. The SMILES string of the molecule is CCCN(C(=O)c1cc(C2CC2)[nH]n1)C1CCNC1. The first-order valence-electron chi connectivity index (χ1n) is 7.36. The van der Waals surface area contributed by atoms with E-state index in [9.17, 15) is 4.79 Å². The second-order valence-electron chi connectivity index (χ2n) is 5.63. The maximum atomic E-state index is 12.6. The lowest BCUT2D eigenvalue weighted by Gasteiger charge is -2.27. The van der Waals surface area contributed by atoms with E-state index in [-0.39, 0.29) is 5.91 Å². The van der Waals surface area contributed by atoms with Crippen LogP contribution in [0.4, 0.5) is 0 Å². The Bertz CT molecular complexity index is 446. The largest absolute Gasteiger partial charge is 0.333 e. The van der Waals surface area contributed by atoms with E-state index in [1.165, 1.54) is 12.8 Å². The average Bonchev–Trinajstić information content (AvgIpc) is 2.96. The predicted octanol–water partition coefficient (Wildman–Crippen LogP) is 1.50. The van der Waals surface area contributed by atoms with Crippen LogP contribution in [0.5, 0.6) is 0 Å². The minimum atomic E-state index is 0.0821. The van der Waals surface area contributed by atoms with Crippen LogP contribution in [0, 0.1) is 0 Å². The molecule has 2 aliphatic rings. The van der Waals surface area contributed by atoms with E-state index in [4.69, 9.17) is 0 Å². The van der Waals surface area contributed by atoms with E-state index in [1.807, 2.05) is 11.0 Å². The van der Waals surface area contributed by atoms with E-state index in [0.29, 0.717) is 17.7 Å². The smallest absolute Gasteiger partial charge is 0.274 e. The first kappa shape index (κ1) is 12.7. The molecule has 2 fully saturated rings. The van der Waals surface area contributed by atoms with Crippen LogP contribution in [0.25, 0.3) is 0 Å². The van der Waals surface area contributed by atoms with Crippen molar-refractivity contribution in [2.45, 2.75) is 44.6 Å². The summed E-state index contributed by atoms with van der Waals surface area (Å²) >= 11 is 0. The Morgan fingerprint density at radius 2 is 2.32 bits per heavy atom. The number of carbonyl (C=O) groups is 1. The molecule has 19 heavy (non-hydrogen) atoms. The van der Waals surface area contributed by atoms with Gasteiger partial charge in [-0.05, 0) is 38.3 Å². The van der Waals surface area contributed by atoms with Gasteiger partial charge in [0.15, 0.2) is 0 Å². The Hall–Kier alpha value is -1.36. The van der Waals surface area contributed by atoms with Crippen molar-refractivity contribution < 1.29 is 4.79 Å². The normalized spacial score (nSPS) is 22.7. The molecule has 1 aromatic heterocycles. The molecule has 3 rings (SSSR count). The van der Waals surface area contributed by atoms with E-state index in [2.05, 4.69) is 22.4 Å². The molecule has 0 bridgehead atoms. The molecule has 1 aromatic rings. The number of hydrogen-bond acceptors (Lipinski definition) is 3. The maximum absolute atomic E-state index is 12.6. The highest BCUT2D eigenvalue weighted by Gasteiger charge is 2.30. The van der Waals surface area contributed by atoms with Gasteiger partial charge in [0.05, 0.1) is 0 Å². The van der Waals surface area contributed by atoms with Crippen molar-refractivity contribution >= 4 is 5.91 Å². The molecule has 1 saturated heterocycles. The summed E-state index contributed by atoms with van der Waals surface area (Å²) in [5.41, 5.74) is 1.71. The number of H-pyrrole nitrogens is 1. The Labute approximate surface area is 113 Å². The third-order valence-electron chi connectivity index (χ3n) is 4.03. The minimum absolute atomic E-state index is 0.0821. The molecule has 1 amide bonds. The van der Waals surface area contributed by atoms with Gasteiger partial charge in [-0.3, -0.25) is 9.89 Å².